The topological polar surface area (TPSA) is 43.8 Å². The number of rotatable bonds is 2. The number of halogens is 3. The third-order valence-corrected chi connectivity index (χ3v) is 4.17. The molecular formula is C11H10BrCl2N3. The second-order valence-corrected chi connectivity index (χ2v) is 5.28. The highest BCUT2D eigenvalue weighted by Gasteiger charge is 2.14. The van der Waals surface area contributed by atoms with Gasteiger partial charge in [0.15, 0.2) is 0 Å². The zero-order valence-corrected chi connectivity index (χ0v) is 12.1. The highest BCUT2D eigenvalue weighted by molar-refractivity contribution is 9.10. The fraction of sp³-hybridized carbons (Fsp3) is 0.182. The van der Waals surface area contributed by atoms with Crippen molar-refractivity contribution in [2.75, 3.05) is 0 Å². The molecule has 0 saturated heterocycles. The van der Waals surface area contributed by atoms with Crippen LogP contribution in [0.4, 0.5) is 0 Å². The van der Waals surface area contributed by atoms with Crippen LogP contribution >= 0.6 is 39.1 Å². The van der Waals surface area contributed by atoms with E-state index < -0.39 is 0 Å². The van der Waals surface area contributed by atoms with Crippen molar-refractivity contribution < 1.29 is 0 Å². The Kier molecular flexibility index (Phi) is 3.78. The zero-order chi connectivity index (χ0) is 12.6. The van der Waals surface area contributed by atoms with Crippen LogP contribution in [-0.4, -0.2) is 9.55 Å². The van der Waals surface area contributed by atoms with Crippen molar-refractivity contribution in [3.63, 3.8) is 0 Å². The van der Waals surface area contributed by atoms with Gasteiger partial charge < -0.3 is 10.3 Å². The van der Waals surface area contributed by atoms with E-state index in [4.69, 9.17) is 28.9 Å². The van der Waals surface area contributed by atoms with Gasteiger partial charge in [0.25, 0.3) is 0 Å². The normalized spacial score (nSPS) is 12.8. The van der Waals surface area contributed by atoms with Gasteiger partial charge in [-0.3, -0.25) is 0 Å². The lowest BCUT2D eigenvalue weighted by atomic mass is 10.2. The minimum Gasteiger partial charge on any atom is -0.323 e. The van der Waals surface area contributed by atoms with E-state index in [0.29, 0.717) is 10.0 Å². The van der Waals surface area contributed by atoms with Crippen LogP contribution < -0.4 is 5.73 Å². The fourth-order valence-electron chi connectivity index (χ4n) is 1.55. The lowest BCUT2D eigenvalue weighted by molar-refractivity contribution is 0.752. The minimum atomic E-state index is -0.129. The van der Waals surface area contributed by atoms with Crippen LogP contribution in [0.3, 0.4) is 0 Å². The van der Waals surface area contributed by atoms with Gasteiger partial charge in [0.05, 0.1) is 34.0 Å². The minimum absolute atomic E-state index is 0.129. The van der Waals surface area contributed by atoms with Crippen LogP contribution in [0.5, 0.6) is 0 Å². The van der Waals surface area contributed by atoms with E-state index in [-0.39, 0.29) is 6.04 Å². The quantitative estimate of drug-likeness (QED) is 0.845. The van der Waals surface area contributed by atoms with Crippen LogP contribution in [0.15, 0.2) is 29.1 Å². The Bertz CT molecular complexity index is 552. The standard InChI is InChI=1S/C11H10BrCl2N3/c1-6(15)9-4-16-5-17(9)8-3-2-7(12)10(13)11(8)14/h2-6H,15H2,1H3/t6-/m1/s1. The van der Waals surface area contributed by atoms with Crippen molar-refractivity contribution in [2.24, 2.45) is 5.73 Å². The second kappa shape index (κ2) is 4.98. The Balaban J connectivity index is 2.61. The molecule has 0 amide bonds. The van der Waals surface area contributed by atoms with Crippen LogP contribution in [-0.2, 0) is 0 Å². The van der Waals surface area contributed by atoms with E-state index in [9.17, 15) is 0 Å². The van der Waals surface area contributed by atoms with Gasteiger partial charge in [-0.1, -0.05) is 23.2 Å². The monoisotopic (exact) mass is 333 g/mol. The Labute approximate surface area is 118 Å². The molecule has 2 rings (SSSR count). The Hall–Kier alpha value is -0.550. The molecule has 0 saturated carbocycles. The maximum absolute atomic E-state index is 6.22. The number of imidazole rings is 1. The molecule has 2 N–H and O–H groups in total. The van der Waals surface area contributed by atoms with Crippen LogP contribution in [0.25, 0.3) is 5.69 Å². The molecule has 0 unspecified atom stereocenters. The average Bonchev–Trinajstić information content (AvgIpc) is 2.75. The summed E-state index contributed by atoms with van der Waals surface area (Å²) in [5.41, 5.74) is 7.52. The highest BCUT2D eigenvalue weighted by atomic mass is 79.9. The summed E-state index contributed by atoms with van der Waals surface area (Å²) < 4.78 is 2.60. The Morgan fingerprint density at radius 1 is 1.35 bits per heavy atom. The summed E-state index contributed by atoms with van der Waals surface area (Å²) in [6.07, 6.45) is 3.39. The van der Waals surface area contributed by atoms with Gasteiger partial charge in [-0.05, 0) is 35.0 Å². The Morgan fingerprint density at radius 2 is 2.06 bits per heavy atom. The van der Waals surface area contributed by atoms with Crippen molar-refractivity contribution in [2.45, 2.75) is 13.0 Å². The average molecular weight is 335 g/mol. The number of aromatic nitrogens is 2. The molecule has 0 aliphatic heterocycles. The van der Waals surface area contributed by atoms with E-state index in [1.807, 2.05) is 23.6 Å². The van der Waals surface area contributed by atoms with E-state index in [1.165, 1.54) is 0 Å². The van der Waals surface area contributed by atoms with E-state index in [1.54, 1.807) is 12.5 Å². The number of hydrogen-bond donors (Lipinski definition) is 1. The summed E-state index contributed by atoms with van der Waals surface area (Å²) in [5, 5.41) is 0.953. The molecule has 0 fully saturated rings. The number of hydrogen-bond acceptors (Lipinski definition) is 2. The number of nitrogens with zero attached hydrogens (tertiary/aromatic N) is 2. The van der Waals surface area contributed by atoms with Gasteiger partial charge >= 0.3 is 0 Å². The van der Waals surface area contributed by atoms with Crippen molar-refractivity contribution in [3.8, 4) is 5.69 Å². The third-order valence-electron chi connectivity index (χ3n) is 2.41. The summed E-state index contributed by atoms with van der Waals surface area (Å²) in [5.74, 6) is 0. The molecule has 1 heterocycles. The highest BCUT2D eigenvalue weighted by Crippen LogP contribution is 2.35. The molecule has 17 heavy (non-hydrogen) atoms. The summed E-state index contributed by atoms with van der Waals surface area (Å²) in [4.78, 5) is 4.08. The summed E-state index contributed by atoms with van der Waals surface area (Å²) in [7, 11) is 0. The van der Waals surface area contributed by atoms with Crippen LogP contribution in [0.1, 0.15) is 18.7 Å². The first-order valence-electron chi connectivity index (χ1n) is 4.94. The van der Waals surface area contributed by atoms with Gasteiger partial charge in [0, 0.05) is 10.5 Å². The predicted molar refractivity (Wildman–Crippen MR) is 73.9 cm³/mol. The van der Waals surface area contributed by atoms with Crippen molar-refractivity contribution in [1.29, 1.82) is 0 Å². The molecule has 0 bridgehead atoms. The molecule has 0 spiro atoms. The molecule has 0 aliphatic carbocycles. The summed E-state index contributed by atoms with van der Waals surface area (Å²) >= 11 is 15.6. The molecule has 0 radical (unpaired) electrons. The largest absolute Gasteiger partial charge is 0.323 e. The lowest BCUT2D eigenvalue weighted by Gasteiger charge is -2.13. The number of nitrogens with two attached hydrogens (primary N) is 1. The Morgan fingerprint density at radius 3 is 2.71 bits per heavy atom. The lowest BCUT2D eigenvalue weighted by Crippen LogP contribution is -2.10. The van der Waals surface area contributed by atoms with Gasteiger partial charge in [-0.15, -0.1) is 0 Å². The predicted octanol–water partition coefficient (Wildman–Crippen LogP) is 3.96. The molecular weight excluding hydrogens is 325 g/mol. The molecule has 3 nitrogen and oxygen atoms in total. The zero-order valence-electron chi connectivity index (χ0n) is 8.99. The SMILES string of the molecule is C[C@@H](N)c1cncn1-c1ccc(Br)c(Cl)c1Cl. The van der Waals surface area contributed by atoms with Gasteiger partial charge in [-0.2, -0.15) is 0 Å². The molecule has 2 aromatic rings. The smallest absolute Gasteiger partial charge is 0.0995 e. The van der Waals surface area contributed by atoms with E-state index in [0.717, 1.165) is 15.9 Å². The maximum Gasteiger partial charge on any atom is 0.0995 e. The molecule has 0 aliphatic rings. The second-order valence-electron chi connectivity index (χ2n) is 3.67. The first kappa shape index (κ1) is 12.9. The van der Waals surface area contributed by atoms with Crippen molar-refractivity contribution in [1.82, 2.24) is 9.55 Å². The van der Waals surface area contributed by atoms with E-state index in [2.05, 4.69) is 20.9 Å². The van der Waals surface area contributed by atoms with Gasteiger partial charge in [0.1, 0.15) is 0 Å². The van der Waals surface area contributed by atoms with Crippen molar-refractivity contribution in [3.05, 3.63) is 44.9 Å². The summed E-state index contributed by atoms with van der Waals surface area (Å²) in [6, 6.07) is 3.58. The molecule has 1 aromatic heterocycles. The maximum atomic E-state index is 6.22. The third kappa shape index (κ3) is 2.36. The van der Waals surface area contributed by atoms with Gasteiger partial charge in [-0.25, -0.2) is 4.98 Å². The number of benzene rings is 1. The molecule has 6 heteroatoms. The fourth-order valence-corrected chi connectivity index (χ4v) is 2.41. The molecule has 1 aromatic carbocycles. The first-order chi connectivity index (χ1) is 8.02. The molecule has 90 valence electrons. The van der Waals surface area contributed by atoms with E-state index >= 15 is 0 Å². The van der Waals surface area contributed by atoms with Crippen LogP contribution in [0.2, 0.25) is 10.0 Å². The first-order valence-corrected chi connectivity index (χ1v) is 6.49. The molecule has 1 atom stereocenters. The van der Waals surface area contributed by atoms with Crippen LogP contribution in [0, 0.1) is 0 Å². The van der Waals surface area contributed by atoms with Crippen molar-refractivity contribution >= 4 is 39.1 Å². The van der Waals surface area contributed by atoms with Gasteiger partial charge in [0.2, 0.25) is 0 Å². The summed E-state index contributed by atoms with van der Waals surface area (Å²) in [6.45, 7) is 1.89.